The lowest BCUT2D eigenvalue weighted by atomic mass is 10.2. The first-order valence-electron chi connectivity index (χ1n) is 4.98. The van der Waals surface area contributed by atoms with Crippen LogP contribution in [-0.2, 0) is 0 Å². The molecule has 0 aliphatic heterocycles. The smallest absolute Gasteiger partial charge is 0.120 e. The molecule has 1 aromatic carbocycles. The van der Waals surface area contributed by atoms with E-state index in [1.165, 1.54) is 0 Å². The summed E-state index contributed by atoms with van der Waals surface area (Å²) in [5, 5.41) is 1.56. The van der Waals surface area contributed by atoms with E-state index in [0.29, 0.717) is 5.02 Å². The molecule has 1 aromatic heterocycles. The lowest BCUT2D eigenvalue weighted by Gasteiger charge is -2.10. The van der Waals surface area contributed by atoms with Gasteiger partial charge in [0.1, 0.15) is 5.75 Å². The molecule has 4 heteroatoms. The quantitative estimate of drug-likeness (QED) is 0.818. The molecule has 0 atom stereocenters. The van der Waals surface area contributed by atoms with Gasteiger partial charge >= 0.3 is 0 Å². The van der Waals surface area contributed by atoms with Crippen molar-refractivity contribution in [1.82, 2.24) is 4.98 Å². The van der Waals surface area contributed by atoms with E-state index < -0.39 is 0 Å². The molecule has 84 valence electrons. The SMILES string of the molecule is CC(C)Oc1ccc2ncc(Br)c(Cl)c2c1. The van der Waals surface area contributed by atoms with Crippen molar-refractivity contribution in [2.75, 3.05) is 0 Å². The Morgan fingerprint density at radius 1 is 1.38 bits per heavy atom. The summed E-state index contributed by atoms with van der Waals surface area (Å²) < 4.78 is 6.41. The molecule has 0 fully saturated rings. The molecule has 0 N–H and O–H groups in total. The standard InChI is InChI=1S/C12H11BrClNO/c1-7(2)16-8-3-4-11-9(5-8)12(14)10(13)6-15-11/h3-7H,1-2H3. The molecule has 2 rings (SSSR count). The van der Waals surface area contributed by atoms with E-state index in [-0.39, 0.29) is 6.10 Å². The number of fused-ring (bicyclic) bond motifs is 1. The van der Waals surface area contributed by atoms with Crippen molar-refractivity contribution in [3.63, 3.8) is 0 Å². The van der Waals surface area contributed by atoms with Gasteiger partial charge in [-0.2, -0.15) is 0 Å². The van der Waals surface area contributed by atoms with Crippen molar-refractivity contribution in [1.29, 1.82) is 0 Å². The molecule has 16 heavy (non-hydrogen) atoms. The largest absolute Gasteiger partial charge is 0.491 e. The summed E-state index contributed by atoms with van der Waals surface area (Å²) >= 11 is 9.55. The Hall–Kier alpha value is -0.800. The fraction of sp³-hybridized carbons (Fsp3) is 0.250. The van der Waals surface area contributed by atoms with Crippen LogP contribution in [0, 0.1) is 0 Å². The Morgan fingerprint density at radius 2 is 2.12 bits per heavy atom. The minimum absolute atomic E-state index is 0.149. The van der Waals surface area contributed by atoms with Crippen molar-refractivity contribution < 1.29 is 4.74 Å². The maximum atomic E-state index is 6.19. The highest BCUT2D eigenvalue weighted by Crippen LogP contribution is 2.31. The summed E-state index contributed by atoms with van der Waals surface area (Å²) in [4.78, 5) is 4.27. The number of rotatable bonds is 2. The number of pyridine rings is 1. The van der Waals surface area contributed by atoms with Gasteiger partial charge in [0.15, 0.2) is 0 Å². The molecular formula is C12H11BrClNO. The van der Waals surface area contributed by atoms with Crippen LogP contribution in [-0.4, -0.2) is 11.1 Å². The van der Waals surface area contributed by atoms with Crippen LogP contribution in [0.25, 0.3) is 10.9 Å². The molecule has 0 aliphatic rings. The topological polar surface area (TPSA) is 22.1 Å². The summed E-state index contributed by atoms with van der Waals surface area (Å²) in [6.07, 6.45) is 1.85. The maximum Gasteiger partial charge on any atom is 0.120 e. The second kappa shape index (κ2) is 4.60. The van der Waals surface area contributed by atoms with E-state index in [2.05, 4.69) is 20.9 Å². The Kier molecular flexibility index (Phi) is 3.36. The van der Waals surface area contributed by atoms with Gasteiger partial charge in [0.25, 0.3) is 0 Å². The third-order valence-corrected chi connectivity index (χ3v) is 3.34. The first-order chi connectivity index (χ1) is 7.58. The average Bonchev–Trinajstić information content (AvgIpc) is 2.23. The molecule has 0 saturated carbocycles. The fourth-order valence-corrected chi connectivity index (χ4v) is 1.98. The van der Waals surface area contributed by atoms with Crippen LogP contribution >= 0.6 is 27.5 Å². The van der Waals surface area contributed by atoms with Crippen LogP contribution in [0.2, 0.25) is 5.02 Å². The van der Waals surface area contributed by atoms with Gasteiger partial charge in [-0.05, 0) is 48.0 Å². The molecule has 2 nitrogen and oxygen atoms in total. The van der Waals surface area contributed by atoms with Crippen LogP contribution in [0.15, 0.2) is 28.9 Å². The summed E-state index contributed by atoms with van der Waals surface area (Å²) in [6, 6.07) is 5.72. The van der Waals surface area contributed by atoms with Gasteiger partial charge in [-0.25, -0.2) is 0 Å². The molecule has 0 radical (unpaired) electrons. The Labute approximate surface area is 108 Å². The van der Waals surface area contributed by atoms with Crippen LogP contribution in [0.5, 0.6) is 5.75 Å². The highest BCUT2D eigenvalue weighted by molar-refractivity contribution is 9.10. The Bertz CT molecular complexity index is 528. The number of hydrogen-bond donors (Lipinski definition) is 0. The molecule has 0 saturated heterocycles. The number of halogens is 2. The molecule has 0 bridgehead atoms. The van der Waals surface area contributed by atoms with Crippen molar-refractivity contribution in [2.45, 2.75) is 20.0 Å². The molecule has 1 heterocycles. The van der Waals surface area contributed by atoms with E-state index in [4.69, 9.17) is 16.3 Å². The molecule has 0 unspecified atom stereocenters. The predicted molar refractivity (Wildman–Crippen MR) is 70.2 cm³/mol. The van der Waals surface area contributed by atoms with Crippen molar-refractivity contribution in [3.8, 4) is 5.75 Å². The predicted octanol–water partition coefficient (Wildman–Crippen LogP) is 4.44. The Balaban J connectivity index is 2.55. The van der Waals surface area contributed by atoms with Gasteiger partial charge in [0.2, 0.25) is 0 Å². The van der Waals surface area contributed by atoms with Gasteiger partial charge in [0, 0.05) is 11.6 Å². The molecule has 0 amide bonds. The number of benzene rings is 1. The first kappa shape index (κ1) is 11.7. The van der Waals surface area contributed by atoms with E-state index in [9.17, 15) is 0 Å². The van der Waals surface area contributed by atoms with Crippen LogP contribution in [0.1, 0.15) is 13.8 Å². The summed E-state index contributed by atoms with van der Waals surface area (Å²) in [7, 11) is 0. The van der Waals surface area contributed by atoms with E-state index in [1.807, 2.05) is 32.0 Å². The second-order valence-corrected chi connectivity index (χ2v) is 5.00. The zero-order chi connectivity index (χ0) is 11.7. The van der Waals surface area contributed by atoms with Gasteiger partial charge in [0.05, 0.1) is 21.1 Å². The lowest BCUT2D eigenvalue weighted by molar-refractivity contribution is 0.243. The lowest BCUT2D eigenvalue weighted by Crippen LogP contribution is -2.05. The van der Waals surface area contributed by atoms with Crippen molar-refractivity contribution in [3.05, 3.63) is 33.9 Å². The van der Waals surface area contributed by atoms with Gasteiger partial charge in [-0.3, -0.25) is 4.98 Å². The zero-order valence-electron chi connectivity index (χ0n) is 9.00. The Morgan fingerprint density at radius 3 is 2.81 bits per heavy atom. The average molecular weight is 301 g/mol. The van der Waals surface area contributed by atoms with Gasteiger partial charge in [-0.15, -0.1) is 0 Å². The molecule has 0 spiro atoms. The van der Waals surface area contributed by atoms with Crippen molar-refractivity contribution >= 4 is 38.4 Å². The van der Waals surface area contributed by atoms with E-state index in [0.717, 1.165) is 21.1 Å². The normalized spacial score (nSPS) is 11.1. The minimum atomic E-state index is 0.149. The highest BCUT2D eigenvalue weighted by Gasteiger charge is 2.06. The van der Waals surface area contributed by atoms with Gasteiger partial charge in [-0.1, -0.05) is 11.6 Å². The fourth-order valence-electron chi connectivity index (χ4n) is 1.46. The number of hydrogen-bond acceptors (Lipinski definition) is 2. The number of aromatic nitrogens is 1. The third-order valence-electron chi connectivity index (χ3n) is 2.10. The molecule has 0 aliphatic carbocycles. The number of ether oxygens (including phenoxy) is 1. The monoisotopic (exact) mass is 299 g/mol. The third kappa shape index (κ3) is 2.30. The summed E-state index contributed by atoms with van der Waals surface area (Å²) in [5.41, 5.74) is 0.865. The van der Waals surface area contributed by atoms with Gasteiger partial charge < -0.3 is 4.74 Å². The number of nitrogens with zero attached hydrogens (tertiary/aromatic N) is 1. The van der Waals surface area contributed by atoms with Crippen LogP contribution in [0.3, 0.4) is 0 Å². The zero-order valence-corrected chi connectivity index (χ0v) is 11.3. The van der Waals surface area contributed by atoms with Crippen molar-refractivity contribution in [2.24, 2.45) is 0 Å². The first-order valence-corrected chi connectivity index (χ1v) is 6.15. The van der Waals surface area contributed by atoms with E-state index in [1.54, 1.807) is 6.20 Å². The molecule has 2 aromatic rings. The minimum Gasteiger partial charge on any atom is -0.491 e. The summed E-state index contributed by atoms with van der Waals surface area (Å²) in [6.45, 7) is 3.98. The van der Waals surface area contributed by atoms with Crippen LogP contribution < -0.4 is 4.74 Å². The summed E-state index contributed by atoms with van der Waals surface area (Å²) in [5.74, 6) is 0.810. The maximum absolute atomic E-state index is 6.19. The second-order valence-electron chi connectivity index (χ2n) is 3.77. The highest BCUT2D eigenvalue weighted by atomic mass is 79.9. The molecular weight excluding hydrogens is 289 g/mol. The van der Waals surface area contributed by atoms with E-state index >= 15 is 0 Å². The van der Waals surface area contributed by atoms with Crippen LogP contribution in [0.4, 0.5) is 0 Å².